The molecule has 1 aliphatic rings. The van der Waals surface area contributed by atoms with Gasteiger partial charge in [-0.05, 0) is 37.4 Å². The average molecular weight is 286 g/mol. The van der Waals surface area contributed by atoms with E-state index < -0.39 is 14.4 Å². The zero-order valence-corrected chi connectivity index (χ0v) is 14.1. The minimum absolute atomic E-state index is 0.0181. The standard InChI is InChI=1S/C15H30O3Si/c1-7-9-12(16)14-13(10-8-11-17-14)18-19(5,6)15(2,3)4/h7,12-14,16H,1,8-11H2,2-6H3/t12-,13+,14-/m1/s1. The van der Waals surface area contributed by atoms with E-state index in [4.69, 9.17) is 9.16 Å². The third kappa shape index (κ3) is 4.41. The number of hydrogen-bond acceptors (Lipinski definition) is 3. The summed E-state index contributed by atoms with van der Waals surface area (Å²) in [5, 5.41) is 10.4. The van der Waals surface area contributed by atoms with E-state index in [0.29, 0.717) is 6.42 Å². The fourth-order valence-electron chi connectivity index (χ4n) is 2.12. The van der Waals surface area contributed by atoms with Crippen molar-refractivity contribution < 1.29 is 14.3 Å². The van der Waals surface area contributed by atoms with Gasteiger partial charge in [0.25, 0.3) is 0 Å². The van der Waals surface area contributed by atoms with Gasteiger partial charge in [0.05, 0.1) is 12.2 Å². The molecule has 3 atom stereocenters. The summed E-state index contributed by atoms with van der Waals surface area (Å²) in [4.78, 5) is 0. The summed E-state index contributed by atoms with van der Waals surface area (Å²) < 4.78 is 12.2. The van der Waals surface area contributed by atoms with Crippen LogP contribution in [0.15, 0.2) is 12.7 Å². The molecule has 1 saturated heterocycles. The van der Waals surface area contributed by atoms with Crippen LogP contribution in [0.1, 0.15) is 40.0 Å². The van der Waals surface area contributed by atoms with Crippen molar-refractivity contribution in [2.45, 2.75) is 76.5 Å². The first kappa shape index (κ1) is 16.9. The first-order valence-electron chi connectivity index (χ1n) is 7.27. The van der Waals surface area contributed by atoms with Gasteiger partial charge >= 0.3 is 0 Å². The molecule has 112 valence electrons. The molecule has 0 saturated carbocycles. The van der Waals surface area contributed by atoms with Crippen molar-refractivity contribution in [2.75, 3.05) is 6.61 Å². The van der Waals surface area contributed by atoms with Crippen LogP contribution < -0.4 is 0 Å². The fraction of sp³-hybridized carbons (Fsp3) is 0.867. The van der Waals surface area contributed by atoms with E-state index in [-0.39, 0.29) is 17.2 Å². The van der Waals surface area contributed by atoms with Crippen molar-refractivity contribution in [1.82, 2.24) is 0 Å². The van der Waals surface area contributed by atoms with Crippen molar-refractivity contribution in [3.8, 4) is 0 Å². The average Bonchev–Trinajstić information content (AvgIpc) is 2.28. The molecule has 0 radical (unpaired) electrons. The van der Waals surface area contributed by atoms with E-state index in [1.807, 2.05) is 0 Å². The molecule has 0 aliphatic carbocycles. The summed E-state index contributed by atoms with van der Waals surface area (Å²) in [7, 11) is -1.82. The summed E-state index contributed by atoms with van der Waals surface area (Å²) in [6.45, 7) is 15.6. The highest BCUT2D eigenvalue weighted by atomic mass is 28.4. The second kappa shape index (κ2) is 6.53. The summed E-state index contributed by atoms with van der Waals surface area (Å²) in [5.41, 5.74) is 0. The molecular formula is C15H30O3Si. The molecule has 0 amide bonds. The van der Waals surface area contributed by atoms with Crippen LogP contribution in [0, 0.1) is 0 Å². The smallest absolute Gasteiger partial charge is 0.192 e. The molecule has 0 bridgehead atoms. The van der Waals surface area contributed by atoms with Gasteiger partial charge in [0.1, 0.15) is 6.10 Å². The molecule has 4 heteroatoms. The molecule has 1 rings (SSSR count). The first-order valence-corrected chi connectivity index (χ1v) is 10.2. The predicted molar refractivity (Wildman–Crippen MR) is 81.9 cm³/mol. The minimum atomic E-state index is -1.82. The van der Waals surface area contributed by atoms with Gasteiger partial charge in [-0.1, -0.05) is 26.8 Å². The SMILES string of the molecule is C=CC[C@@H](O)[C@H]1OCCC[C@@H]1O[Si](C)(C)C(C)(C)C. The van der Waals surface area contributed by atoms with Crippen LogP contribution in [0.2, 0.25) is 18.1 Å². The topological polar surface area (TPSA) is 38.7 Å². The largest absolute Gasteiger partial charge is 0.411 e. The summed E-state index contributed by atoms with van der Waals surface area (Å²) in [6, 6.07) is 0. The predicted octanol–water partition coefficient (Wildman–Crippen LogP) is 3.49. The highest BCUT2D eigenvalue weighted by Crippen LogP contribution is 2.39. The molecule has 0 aromatic heterocycles. The van der Waals surface area contributed by atoms with E-state index in [2.05, 4.69) is 40.4 Å². The van der Waals surface area contributed by atoms with Crippen molar-refractivity contribution in [3.05, 3.63) is 12.7 Å². The number of ether oxygens (including phenoxy) is 1. The van der Waals surface area contributed by atoms with Gasteiger partial charge < -0.3 is 14.3 Å². The van der Waals surface area contributed by atoms with Crippen LogP contribution in [0.25, 0.3) is 0 Å². The molecule has 1 aliphatic heterocycles. The lowest BCUT2D eigenvalue weighted by atomic mass is 9.99. The second-order valence-corrected chi connectivity index (χ2v) is 11.7. The quantitative estimate of drug-likeness (QED) is 0.621. The number of aliphatic hydroxyl groups is 1. The van der Waals surface area contributed by atoms with Crippen LogP contribution in [-0.4, -0.2) is 38.3 Å². The molecule has 1 heterocycles. The van der Waals surface area contributed by atoms with Gasteiger partial charge in [0.2, 0.25) is 0 Å². The van der Waals surface area contributed by atoms with Gasteiger partial charge in [-0.25, -0.2) is 0 Å². The van der Waals surface area contributed by atoms with E-state index in [1.54, 1.807) is 6.08 Å². The van der Waals surface area contributed by atoms with Crippen LogP contribution in [-0.2, 0) is 9.16 Å². The Kier molecular flexibility index (Phi) is 5.80. The fourth-order valence-corrected chi connectivity index (χ4v) is 3.48. The molecule has 0 aromatic carbocycles. The van der Waals surface area contributed by atoms with E-state index >= 15 is 0 Å². The Balaban J connectivity index is 2.75. The van der Waals surface area contributed by atoms with Crippen molar-refractivity contribution in [2.24, 2.45) is 0 Å². The highest BCUT2D eigenvalue weighted by molar-refractivity contribution is 6.74. The highest BCUT2D eigenvalue weighted by Gasteiger charge is 2.42. The summed E-state index contributed by atoms with van der Waals surface area (Å²) >= 11 is 0. The Bertz CT molecular complexity index is 296. The number of hydrogen-bond donors (Lipinski definition) is 1. The van der Waals surface area contributed by atoms with Crippen molar-refractivity contribution in [1.29, 1.82) is 0 Å². The molecule has 1 fully saturated rings. The third-order valence-electron chi connectivity index (χ3n) is 4.35. The Morgan fingerprint density at radius 3 is 2.63 bits per heavy atom. The molecule has 0 spiro atoms. The maximum Gasteiger partial charge on any atom is 0.192 e. The van der Waals surface area contributed by atoms with Gasteiger partial charge in [-0.2, -0.15) is 0 Å². The van der Waals surface area contributed by atoms with Crippen LogP contribution in [0.4, 0.5) is 0 Å². The maximum absolute atomic E-state index is 10.2. The maximum atomic E-state index is 10.2. The van der Waals surface area contributed by atoms with E-state index in [1.165, 1.54) is 0 Å². The lowest BCUT2D eigenvalue weighted by molar-refractivity contribution is -0.120. The normalized spacial score (nSPS) is 27.1. The molecule has 3 nitrogen and oxygen atoms in total. The Morgan fingerprint density at radius 1 is 1.47 bits per heavy atom. The Morgan fingerprint density at radius 2 is 2.11 bits per heavy atom. The summed E-state index contributed by atoms with van der Waals surface area (Å²) in [6.07, 6.45) is 3.59. The van der Waals surface area contributed by atoms with Gasteiger partial charge in [0, 0.05) is 6.61 Å². The van der Waals surface area contributed by atoms with Crippen LogP contribution in [0.5, 0.6) is 0 Å². The first-order chi connectivity index (χ1) is 8.69. The van der Waals surface area contributed by atoms with E-state index in [9.17, 15) is 5.11 Å². The Hall–Kier alpha value is -0.163. The molecule has 19 heavy (non-hydrogen) atoms. The Labute approximate surface area is 119 Å². The van der Waals surface area contributed by atoms with E-state index in [0.717, 1.165) is 19.4 Å². The zero-order valence-electron chi connectivity index (χ0n) is 13.1. The summed E-state index contributed by atoms with van der Waals surface area (Å²) in [5.74, 6) is 0. The number of rotatable bonds is 5. The van der Waals surface area contributed by atoms with Crippen molar-refractivity contribution in [3.63, 3.8) is 0 Å². The molecule has 0 unspecified atom stereocenters. The lowest BCUT2D eigenvalue weighted by Gasteiger charge is -2.43. The molecular weight excluding hydrogens is 256 g/mol. The van der Waals surface area contributed by atoms with Gasteiger partial charge in [0.15, 0.2) is 8.32 Å². The zero-order chi connectivity index (χ0) is 14.7. The van der Waals surface area contributed by atoms with Crippen LogP contribution >= 0.6 is 0 Å². The lowest BCUT2D eigenvalue weighted by Crippen LogP contribution is -2.52. The van der Waals surface area contributed by atoms with Crippen molar-refractivity contribution >= 4 is 8.32 Å². The van der Waals surface area contributed by atoms with Crippen LogP contribution in [0.3, 0.4) is 0 Å². The molecule has 1 N–H and O–H groups in total. The molecule has 0 aromatic rings. The second-order valence-electron chi connectivity index (χ2n) is 6.99. The minimum Gasteiger partial charge on any atom is -0.411 e. The van der Waals surface area contributed by atoms with Gasteiger partial charge in [-0.15, -0.1) is 6.58 Å². The number of aliphatic hydroxyl groups excluding tert-OH is 1. The third-order valence-corrected chi connectivity index (χ3v) is 8.85. The monoisotopic (exact) mass is 286 g/mol. The van der Waals surface area contributed by atoms with Gasteiger partial charge in [-0.3, -0.25) is 0 Å².